The highest BCUT2D eigenvalue weighted by atomic mass is 15.2. The van der Waals surface area contributed by atoms with Crippen LogP contribution in [0, 0.1) is 0 Å². The lowest BCUT2D eigenvalue weighted by molar-refractivity contribution is 0.590. The van der Waals surface area contributed by atoms with Gasteiger partial charge in [0.25, 0.3) is 0 Å². The largest absolute Gasteiger partial charge is 0.369 e. The van der Waals surface area contributed by atoms with E-state index in [-0.39, 0.29) is 5.41 Å². The number of aryl methyl sites for hydroxylation is 2. The minimum absolute atomic E-state index is 0.143. The molecule has 0 heterocycles. The SMILES string of the molecule is CN(C(N)=Nc1ccc2cccc3c2c1CC3)c1ccc(C(C)(C)C)cc1. The fourth-order valence-corrected chi connectivity index (χ4v) is 3.87. The summed E-state index contributed by atoms with van der Waals surface area (Å²) in [5, 5.41) is 2.66. The first-order valence-corrected chi connectivity index (χ1v) is 9.56. The zero-order valence-corrected chi connectivity index (χ0v) is 16.6. The minimum atomic E-state index is 0.143. The van der Waals surface area contributed by atoms with Gasteiger partial charge < -0.3 is 10.6 Å². The number of hydrogen-bond acceptors (Lipinski definition) is 1. The molecule has 1 aliphatic carbocycles. The van der Waals surface area contributed by atoms with E-state index in [9.17, 15) is 0 Å². The monoisotopic (exact) mass is 357 g/mol. The molecule has 3 aromatic rings. The van der Waals surface area contributed by atoms with Crippen molar-refractivity contribution in [3.05, 3.63) is 71.3 Å². The van der Waals surface area contributed by atoms with E-state index in [0.29, 0.717) is 5.96 Å². The summed E-state index contributed by atoms with van der Waals surface area (Å²) in [5.74, 6) is 0.512. The van der Waals surface area contributed by atoms with Gasteiger partial charge in [0, 0.05) is 12.7 Å². The molecular formula is C24H27N3. The molecule has 0 aromatic heterocycles. The molecule has 27 heavy (non-hydrogen) atoms. The van der Waals surface area contributed by atoms with Crippen LogP contribution in [-0.2, 0) is 18.3 Å². The molecule has 1 aliphatic rings. The first-order chi connectivity index (χ1) is 12.8. The second kappa shape index (κ2) is 6.41. The van der Waals surface area contributed by atoms with E-state index in [2.05, 4.69) is 75.4 Å². The zero-order valence-electron chi connectivity index (χ0n) is 16.6. The van der Waals surface area contributed by atoms with Gasteiger partial charge in [0.05, 0.1) is 5.69 Å². The average molecular weight is 358 g/mol. The number of aliphatic imine (C=N–C) groups is 1. The lowest BCUT2D eigenvalue weighted by atomic mass is 9.87. The van der Waals surface area contributed by atoms with E-state index in [1.807, 2.05) is 11.9 Å². The maximum Gasteiger partial charge on any atom is 0.200 e. The molecule has 0 saturated heterocycles. The molecule has 0 amide bonds. The molecule has 0 fully saturated rings. The topological polar surface area (TPSA) is 41.6 Å². The van der Waals surface area contributed by atoms with Crippen molar-refractivity contribution in [3.8, 4) is 0 Å². The van der Waals surface area contributed by atoms with Gasteiger partial charge in [-0.05, 0) is 63.9 Å². The highest BCUT2D eigenvalue weighted by molar-refractivity contribution is 5.99. The molecule has 4 rings (SSSR count). The summed E-state index contributed by atoms with van der Waals surface area (Å²) in [4.78, 5) is 6.73. The predicted octanol–water partition coefficient (Wildman–Crippen LogP) is 5.32. The number of nitrogens with zero attached hydrogens (tertiary/aromatic N) is 2. The normalized spacial score (nSPS) is 14.0. The first-order valence-electron chi connectivity index (χ1n) is 9.56. The molecule has 0 aliphatic heterocycles. The van der Waals surface area contributed by atoms with Crippen LogP contribution in [0.3, 0.4) is 0 Å². The maximum atomic E-state index is 6.37. The van der Waals surface area contributed by atoms with Crippen molar-refractivity contribution >= 4 is 28.1 Å². The number of benzene rings is 3. The van der Waals surface area contributed by atoms with Crippen LogP contribution in [0.25, 0.3) is 10.8 Å². The Balaban J connectivity index is 1.66. The van der Waals surface area contributed by atoms with Crippen LogP contribution in [0.1, 0.15) is 37.5 Å². The third-order valence-corrected chi connectivity index (χ3v) is 5.56. The van der Waals surface area contributed by atoms with E-state index < -0.39 is 0 Å². The van der Waals surface area contributed by atoms with Gasteiger partial charge >= 0.3 is 0 Å². The van der Waals surface area contributed by atoms with Crippen LogP contribution in [0.15, 0.2) is 59.6 Å². The van der Waals surface area contributed by atoms with Crippen molar-refractivity contribution in [2.24, 2.45) is 10.7 Å². The molecular weight excluding hydrogens is 330 g/mol. The van der Waals surface area contributed by atoms with Gasteiger partial charge in [0.15, 0.2) is 0 Å². The molecule has 3 heteroatoms. The fraction of sp³-hybridized carbons (Fsp3) is 0.292. The van der Waals surface area contributed by atoms with Crippen LogP contribution in [-0.4, -0.2) is 13.0 Å². The van der Waals surface area contributed by atoms with Crippen LogP contribution >= 0.6 is 0 Å². The quantitative estimate of drug-likeness (QED) is 0.498. The highest BCUT2D eigenvalue weighted by Crippen LogP contribution is 2.37. The summed E-state index contributed by atoms with van der Waals surface area (Å²) < 4.78 is 0. The van der Waals surface area contributed by atoms with E-state index in [1.165, 1.54) is 27.5 Å². The van der Waals surface area contributed by atoms with Crippen LogP contribution in [0.4, 0.5) is 11.4 Å². The third kappa shape index (κ3) is 3.18. The van der Waals surface area contributed by atoms with Crippen molar-refractivity contribution in [1.29, 1.82) is 0 Å². The lowest BCUT2D eigenvalue weighted by Gasteiger charge is -2.22. The Hall–Kier alpha value is -2.81. The van der Waals surface area contributed by atoms with Crippen LogP contribution < -0.4 is 10.6 Å². The summed E-state index contributed by atoms with van der Waals surface area (Å²) in [6.07, 6.45) is 2.12. The zero-order chi connectivity index (χ0) is 19.2. The average Bonchev–Trinajstić information content (AvgIpc) is 3.09. The van der Waals surface area contributed by atoms with Crippen molar-refractivity contribution in [3.63, 3.8) is 0 Å². The predicted molar refractivity (Wildman–Crippen MR) is 116 cm³/mol. The van der Waals surface area contributed by atoms with Crippen LogP contribution in [0.2, 0.25) is 0 Å². The summed E-state index contributed by atoms with van der Waals surface area (Å²) in [5.41, 5.74) is 12.6. The van der Waals surface area contributed by atoms with Crippen LogP contribution in [0.5, 0.6) is 0 Å². The Labute approximate surface area is 161 Å². The Kier molecular flexibility index (Phi) is 4.18. The molecule has 0 radical (unpaired) electrons. The number of guanidine groups is 1. The van der Waals surface area contributed by atoms with Gasteiger partial charge in [-0.1, -0.05) is 57.2 Å². The van der Waals surface area contributed by atoms with Gasteiger partial charge in [0.2, 0.25) is 5.96 Å². The lowest BCUT2D eigenvalue weighted by Crippen LogP contribution is -2.33. The van der Waals surface area contributed by atoms with Gasteiger partial charge in [0.1, 0.15) is 0 Å². The number of nitrogens with two attached hydrogens (primary N) is 1. The molecule has 3 aromatic carbocycles. The number of rotatable bonds is 2. The summed E-state index contributed by atoms with van der Waals surface area (Å²) in [7, 11) is 1.97. The Morgan fingerprint density at radius 2 is 1.70 bits per heavy atom. The van der Waals surface area contributed by atoms with Gasteiger partial charge in [-0.2, -0.15) is 0 Å². The second-order valence-electron chi connectivity index (χ2n) is 8.40. The summed E-state index contributed by atoms with van der Waals surface area (Å²) >= 11 is 0. The highest BCUT2D eigenvalue weighted by Gasteiger charge is 2.18. The molecule has 0 unspecified atom stereocenters. The van der Waals surface area contributed by atoms with Gasteiger partial charge in [-0.25, -0.2) is 4.99 Å². The van der Waals surface area contributed by atoms with E-state index in [1.54, 1.807) is 0 Å². The molecule has 138 valence electrons. The third-order valence-electron chi connectivity index (χ3n) is 5.56. The Bertz CT molecular complexity index is 1020. The maximum absolute atomic E-state index is 6.37. The number of hydrogen-bond donors (Lipinski definition) is 1. The van der Waals surface area contributed by atoms with Crippen molar-refractivity contribution in [2.75, 3.05) is 11.9 Å². The minimum Gasteiger partial charge on any atom is -0.369 e. The summed E-state index contributed by atoms with van der Waals surface area (Å²) in [6, 6.07) is 19.3. The van der Waals surface area contributed by atoms with Gasteiger partial charge in [-0.15, -0.1) is 0 Å². The fourth-order valence-electron chi connectivity index (χ4n) is 3.87. The van der Waals surface area contributed by atoms with E-state index in [4.69, 9.17) is 10.7 Å². The Morgan fingerprint density at radius 1 is 0.963 bits per heavy atom. The Morgan fingerprint density at radius 3 is 2.41 bits per heavy atom. The first kappa shape index (κ1) is 17.6. The van der Waals surface area contributed by atoms with Crippen molar-refractivity contribution in [1.82, 2.24) is 0 Å². The standard InChI is InChI=1S/C24H27N3/c1-24(2,3)18-10-12-19(13-11-18)27(4)23(25)26-21-15-9-17-7-5-6-16-8-14-20(21)22(16)17/h5-7,9-13,15H,8,14H2,1-4H3,(H2,25,26). The van der Waals surface area contributed by atoms with Gasteiger partial charge in [-0.3, -0.25) is 0 Å². The molecule has 0 atom stereocenters. The smallest absolute Gasteiger partial charge is 0.200 e. The molecule has 2 N–H and O–H groups in total. The van der Waals surface area contributed by atoms with E-state index in [0.717, 1.165) is 24.2 Å². The van der Waals surface area contributed by atoms with E-state index >= 15 is 0 Å². The molecule has 3 nitrogen and oxygen atoms in total. The van der Waals surface area contributed by atoms with Crippen molar-refractivity contribution in [2.45, 2.75) is 39.0 Å². The second-order valence-corrected chi connectivity index (χ2v) is 8.40. The summed E-state index contributed by atoms with van der Waals surface area (Å²) in [6.45, 7) is 6.66. The number of anilines is 1. The molecule has 0 spiro atoms. The molecule has 0 bridgehead atoms. The molecule has 0 saturated carbocycles. The van der Waals surface area contributed by atoms with Crippen molar-refractivity contribution < 1.29 is 0 Å².